The maximum Gasteiger partial charge on any atom is 0.225 e. The van der Waals surface area contributed by atoms with Crippen molar-refractivity contribution in [1.82, 2.24) is 5.32 Å². The molecule has 92 valence electrons. The summed E-state index contributed by atoms with van der Waals surface area (Å²) in [6, 6.07) is 13.7. The zero-order valence-corrected chi connectivity index (χ0v) is 10.5. The number of carbonyl (C=O) groups is 1. The van der Waals surface area contributed by atoms with Gasteiger partial charge >= 0.3 is 0 Å². The van der Waals surface area contributed by atoms with Crippen LogP contribution in [0.5, 0.6) is 0 Å². The fourth-order valence-electron chi connectivity index (χ4n) is 2.05. The first-order chi connectivity index (χ1) is 8.83. The summed E-state index contributed by atoms with van der Waals surface area (Å²) in [7, 11) is 0. The molecule has 3 nitrogen and oxygen atoms in total. The number of nitrogens with one attached hydrogen (secondary N) is 1. The van der Waals surface area contributed by atoms with Crippen LogP contribution >= 0.6 is 11.3 Å². The van der Waals surface area contributed by atoms with Crippen LogP contribution in [0.25, 0.3) is 0 Å². The molecule has 0 saturated carbocycles. The van der Waals surface area contributed by atoms with Crippen LogP contribution in [-0.4, -0.2) is 5.91 Å². The second kappa shape index (κ2) is 4.92. The van der Waals surface area contributed by atoms with E-state index < -0.39 is 0 Å². The maximum atomic E-state index is 11.8. The lowest BCUT2D eigenvalue weighted by molar-refractivity contribution is -0.142. The molecule has 0 aliphatic carbocycles. The number of amides is 1. The quantitative estimate of drug-likeness (QED) is 0.900. The fraction of sp³-hybridized carbons (Fsp3) is 0.214. The Bertz CT molecular complexity index is 524. The van der Waals surface area contributed by atoms with Gasteiger partial charge in [-0.2, -0.15) is 0 Å². The van der Waals surface area contributed by atoms with Crippen molar-refractivity contribution in [2.45, 2.75) is 18.8 Å². The van der Waals surface area contributed by atoms with E-state index in [9.17, 15) is 4.79 Å². The third kappa shape index (κ3) is 2.30. The van der Waals surface area contributed by atoms with Gasteiger partial charge in [-0.1, -0.05) is 36.4 Å². The summed E-state index contributed by atoms with van der Waals surface area (Å²) in [5, 5.41) is 4.87. The standard InChI is InChI=1S/C14H13NO2S/c16-13-9-11(12-7-4-8-18-12)17-14(15-13)10-5-2-1-3-6-10/h1-8,11,14H,9H2,(H,15,16)/t11-,14-/m0/s1. The number of ether oxygens (including phenoxy) is 1. The van der Waals surface area contributed by atoms with Crippen molar-refractivity contribution >= 4 is 17.2 Å². The Morgan fingerprint density at radius 3 is 2.72 bits per heavy atom. The lowest BCUT2D eigenvalue weighted by Crippen LogP contribution is -2.37. The Labute approximate surface area is 109 Å². The monoisotopic (exact) mass is 259 g/mol. The third-order valence-electron chi connectivity index (χ3n) is 2.93. The summed E-state index contributed by atoms with van der Waals surface area (Å²) >= 11 is 1.62. The van der Waals surface area contributed by atoms with Gasteiger partial charge in [-0.15, -0.1) is 11.3 Å². The molecule has 2 aromatic rings. The third-order valence-corrected chi connectivity index (χ3v) is 3.89. The zero-order valence-electron chi connectivity index (χ0n) is 9.71. The summed E-state index contributed by atoms with van der Waals surface area (Å²) in [4.78, 5) is 12.9. The lowest BCUT2D eigenvalue weighted by Gasteiger charge is -2.30. The van der Waals surface area contributed by atoms with E-state index in [0.717, 1.165) is 10.4 Å². The number of hydrogen-bond acceptors (Lipinski definition) is 3. The highest BCUT2D eigenvalue weighted by atomic mass is 32.1. The SMILES string of the molecule is O=C1C[C@@H](c2cccs2)O[C@@H](c2ccccc2)N1. The van der Waals surface area contributed by atoms with Gasteiger partial charge in [0.25, 0.3) is 0 Å². The van der Waals surface area contributed by atoms with Crippen molar-refractivity contribution < 1.29 is 9.53 Å². The molecule has 1 fully saturated rings. The second-order valence-corrected chi connectivity index (χ2v) is 5.18. The molecule has 0 spiro atoms. The summed E-state index contributed by atoms with van der Waals surface area (Å²) in [6.45, 7) is 0. The van der Waals surface area contributed by atoms with Crippen molar-refractivity contribution in [3.05, 3.63) is 58.3 Å². The first-order valence-electron chi connectivity index (χ1n) is 5.86. The van der Waals surface area contributed by atoms with E-state index in [-0.39, 0.29) is 18.2 Å². The molecule has 0 unspecified atom stereocenters. The van der Waals surface area contributed by atoms with Crippen molar-refractivity contribution in [2.24, 2.45) is 0 Å². The van der Waals surface area contributed by atoms with Crippen molar-refractivity contribution in [3.8, 4) is 0 Å². The molecule has 1 aliphatic rings. The van der Waals surface area contributed by atoms with Crippen LogP contribution in [0.3, 0.4) is 0 Å². The Kier molecular flexibility index (Phi) is 3.13. The molecule has 1 aromatic heterocycles. The van der Waals surface area contributed by atoms with Crippen molar-refractivity contribution in [3.63, 3.8) is 0 Å². The molecule has 18 heavy (non-hydrogen) atoms. The molecule has 2 heterocycles. The number of carbonyl (C=O) groups excluding carboxylic acids is 1. The van der Waals surface area contributed by atoms with Crippen LogP contribution in [0.2, 0.25) is 0 Å². The molecule has 1 aliphatic heterocycles. The topological polar surface area (TPSA) is 38.3 Å². The number of benzene rings is 1. The van der Waals surface area contributed by atoms with Crippen LogP contribution in [0.4, 0.5) is 0 Å². The van der Waals surface area contributed by atoms with Crippen LogP contribution in [0.15, 0.2) is 47.8 Å². The molecule has 1 N–H and O–H groups in total. The number of thiophene rings is 1. The summed E-state index contributed by atoms with van der Waals surface area (Å²) in [6.07, 6.45) is -0.0902. The summed E-state index contributed by atoms with van der Waals surface area (Å²) in [5.74, 6) is 0.0357. The van der Waals surface area contributed by atoms with E-state index in [2.05, 4.69) is 5.32 Å². The largest absolute Gasteiger partial charge is 0.345 e. The van der Waals surface area contributed by atoms with E-state index in [1.165, 1.54) is 0 Å². The van der Waals surface area contributed by atoms with E-state index in [1.807, 2.05) is 47.8 Å². The molecule has 1 saturated heterocycles. The molecule has 4 heteroatoms. The van der Waals surface area contributed by atoms with Gasteiger partial charge in [-0.25, -0.2) is 0 Å². The van der Waals surface area contributed by atoms with E-state index in [4.69, 9.17) is 4.74 Å². The Morgan fingerprint density at radius 1 is 1.17 bits per heavy atom. The predicted molar refractivity (Wildman–Crippen MR) is 70.1 cm³/mol. The number of hydrogen-bond donors (Lipinski definition) is 1. The number of rotatable bonds is 2. The highest BCUT2D eigenvalue weighted by molar-refractivity contribution is 7.10. The minimum Gasteiger partial charge on any atom is -0.345 e. The Hall–Kier alpha value is -1.65. The minimum atomic E-state index is -0.348. The van der Waals surface area contributed by atoms with Gasteiger partial charge in [-0.3, -0.25) is 4.79 Å². The van der Waals surface area contributed by atoms with Crippen LogP contribution in [0.1, 0.15) is 29.2 Å². The van der Waals surface area contributed by atoms with Crippen LogP contribution in [-0.2, 0) is 9.53 Å². The van der Waals surface area contributed by atoms with E-state index in [0.29, 0.717) is 6.42 Å². The van der Waals surface area contributed by atoms with Gasteiger partial charge < -0.3 is 10.1 Å². The predicted octanol–water partition coefficient (Wildman–Crippen LogP) is 3.02. The first-order valence-corrected chi connectivity index (χ1v) is 6.74. The molecular formula is C14H13NO2S. The smallest absolute Gasteiger partial charge is 0.225 e. The van der Waals surface area contributed by atoms with E-state index >= 15 is 0 Å². The van der Waals surface area contributed by atoms with Gasteiger partial charge in [-0.05, 0) is 11.4 Å². The minimum absolute atomic E-state index is 0.0357. The van der Waals surface area contributed by atoms with Gasteiger partial charge in [0.05, 0.1) is 6.42 Å². The fourth-order valence-corrected chi connectivity index (χ4v) is 2.81. The molecule has 1 amide bonds. The van der Waals surface area contributed by atoms with Crippen LogP contribution in [0, 0.1) is 0 Å². The molecule has 2 atom stereocenters. The molecule has 1 aromatic carbocycles. The molecule has 0 radical (unpaired) electrons. The summed E-state index contributed by atoms with van der Waals surface area (Å²) < 4.78 is 5.97. The van der Waals surface area contributed by atoms with Crippen molar-refractivity contribution in [1.29, 1.82) is 0 Å². The lowest BCUT2D eigenvalue weighted by atomic mass is 10.1. The average Bonchev–Trinajstić information content (AvgIpc) is 2.93. The average molecular weight is 259 g/mol. The Balaban J connectivity index is 1.83. The molecule has 0 bridgehead atoms. The highest BCUT2D eigenvalue weighted by Gasteiger charge is 2.29. The molecular weight excluding hydrogens is 246 g/mol. The van der Waals surface area contributed by atoms with Gasteiger partial charge in [0.2, 0.25) is 5.91 Å². The highest BCUT2D eigenvalue weighted by Crippen LogP contribution is 2.33. The van der Waals surface area contributed by atoms with Gasteiger partial charge in [0.15, 0.2) is 6.23 Å². The van der Waals surface area contributed by atoms with Crippen LogP contribution < -0.4 is 5.32 Å². The summed E-state index contributed by atoms with van der Waals surface area (Å²) in [5.41, 5.74) is 0.979. The van der Waals surface area contributed by atoms with Crippen molar-refractivity contribution in [2.75, 3.05) is 0 Å². The maximum absolute atomic E-state index is 11.8. The second-order valence-electron chi connectivity index (χ2n) is 4.20. The van der Waals surface area contributed by atoms with Gasteiger partial charge in [0, 0.05) is 10.4 Å². The van der Waals surface area contributed by atoms with Gasteiger partial charge in [0.1, 0.15) is 6.10 Å². The first kappa shape index (κ1) is 11.4. The zero-order chi connectivity index (χ0) is 12.4. The van der Waals surface area contributed by atoms with E-state index in [1.54, 1.807) is 11.3 Å². The molecule has 3 rings (SSSR count). The Morgan fingerprint density at radius 2 is 2.00 bits per heavy atom. The normalized spacial score (nSPS) is 23.7.